The van der Waals surface area contributed by atoms with Crippen LogP contribution in [0.4, 0.5) is 10.6 Å². The summed E-state index contributed by atoms with van der Waals surface area (Å²) in [5.74, 6) is 2.54. The predicted molar refractivity (Wildman–Crippen MR) is 114 cm³/mol. The summed E-state index contributed by atoms with van der Waals surface area (Å²) in [5.41, 5.74) is 2.55. The molecule has 1 aromatic carbocycles. The van der Waals surface area contributed by atoms with Crippen molar-refractivity contribution in [2.45, 2.75) is 25.8 Å². The van der Waals surface area contributed by atoms with Gasteiger partial charge < -0.3 is 14.2 Å². The van der Waals surface area contributed by atoms with E-state index in [4.69, 9.17) is 4.42 Å². The van der Waals surface area contributed by atoms with Crippen LogP contribution in [0, 0.1) is 12.8 Å². The van der Waals surface area contributed by atoms with E-state index >= 15 is 0 Å². The summed E-state index contributed by atoms with van der Waals surface area (Å²) >= 11 is 0. The van der Waals surface area contributed by atoms with Crippen molar-refractivity contribution in [3.63, 3.8) is 0 Å². The van der Waals surface area contributed by atoms with Gasteiger partial charge in [-0.1, -0.05) is 17.7 Å². The number of nitrogens with zero attached hydrogens (tertiary/aromatic N) is 4. The van der Waals surface area contributed by atoms with Crippen molar-refractivity contribution < 1.29 is 9.21 Å². The maximum absolute atomic E-state index is 12.9. The van der Waals surface area contributed by atoms with Crippen LogP contribution in [0.25, 0.3) is 22.1 Å². The van der Waals surface area contributed by atoms with Crippen LogP contribution < -0.4 is 5.32 Å². The Labute approximate surface area is 174 Å². The Balaban J connectivity index is 1.21. The number of aryl methyl sites for hydroxylation is 1. The average Bonchev–Trinajstić information content (AvgIpc) is 3.16. The second-order valence-electron chi connectivity index (χ2n) is 8.65. The third-order valence-electron chi connectivity index (χ3n) is 6.75. The minimum Gasteiger partial charge on any atom is -0.441 e. The minimum absolute atomic E-state index is 0.0758. The number of benzene rings is 1. The normalized spacial score (nSPS) is 24.5. The van der Waals surface area contributed by atoms with E-state index in [1.807, 2.05) is 36.1 Å². The smallest absolute Gasteiger partial charge is 0.323 e. The van der Waals surface area contributed by atoms with E-state index in [-0.39, 0.29) is 11.6 Å². The second kappa shape index (κ2) is 6.08. The monoisotopic (exact) mass is 401 g/mol. The number of hydrogen-bond acceptors (Lipinski definition) is 5. The number of anilines is 1. The molecule has 152 valence electrons. The summed E-state index contributed by atoms with van der Waals surface area (Å²) in [6.45, 7) is 6.43. The van der Waals surface area contributed by atoms with Crippen molar-refractivity contribution in [1.82, 2.24) is 19.8 Å². The molecule has 2 aliphatic heterocycles. The number of piperazine rings is 1. The van der Waals surface area contributed by atoms with Crippen molar-refractivity contribution in [3.8, 4) is 11.3 Å². The number of carbonyl (C=O) groups is 1. The Morgan fingerprint density at radius 3 is 2.87 bits per heavy atom. The Hall–Kier alpha value is -3.35. The average molecular weight is 401 g/mol. The topological polar surface area (TPSA) is 74.5 Å². The highest BCUT2D eigenvalue weighted by Crippen LogP contribution is 2.58. The molecular weight excluding hydrogens is 378 g/mol. The van der Waals surface area contributed by atoms with Crippen LogP contribution in [0.5, 0.6) is 0 Å². The second-order valence-corrected chi connectivity index (χ2v) is 8.65. The lowest BCUT2D eigenvalue weighted by Gasteiger charge is -2.40. The molecule has 2 atom stereocenters. The van der Waals surface area contributed by atoms with E-state index in [1.165, 1.54) is 5.57 Å². The molecule has 3 aromatic rings. The molecule has 1 N–H and O–H groups in total. The third-order valence-corrected chi connectivity index (χ3v) is 6.75. The van der Waals surface area contributed by atoms with E-state index in [9.17, 15) is 4.79 Å². The van der Waals surface area contributed by atoms with Crippen LogP contribution in [0.2, 0.25) is 0 Å². The molecule has 4 heterocycles. The van der Waals surface area contributed by atoms with Gasteiger partial charge in [0.05, 0.1) is 11.7 Å². The molecule has 2 fully saturated rings. The Bertz CT molecular complexity index is 1220. The Morgan fingerprint density at radius 2 is 2.07 bits per heavy atom. The van der Waals surface area contributed by atoms with Gasteiger partial charge in [0.2, 0.25) is 0 Å². The molecule has 6 rings (SSSR count). The fraction of sp³-hybridized carbons (Fsp3) is 0.348. The zero-order chi connectivity index (χ0) is 20.5. The van der Waals surface area contributed by atoms with E-state index in [0.29, 0.717) is 17.6 Å². The van der Waals surface area contributed by atoms with E-state index in [0.717, 1.165) is 48.2 Å². The number of hydrogen-bond donors (Lipinski definition) is 1. The molecule has 0 radical (unpaired) electrons. The number of fused-ring (bicyclic) bond motifs is 1. The molecule has 30 heavy (non-hydrogen) atoms. The van der Waals surface area contributed by atoms with Crippen LogP contribution >= 0.6 is 0 Å². The summed E-state index contributed by atoms with van der Waals surface area (Å²) in [6, 6.07) is 7.86. The number of carbonyl (C=O) groups excluding carboxylic acids is 1. The molecule has 7 heteroatoms. The van der Waals surface area contributed by atoms with E-state index < -0.39 is 0 Å². The fourth-order valence-corrected chi connectivity index (χ4v) is 5.07. The van der Waals surface area contributed by atoms with Crippen molar-refractivity contribution in [1.29, 1.82) is 0 Å². The van der Waals surface area contributed by atoms with Gasteiger partial charge >= 0.3 is 6.03 Å². The summed E-state index contributed by atoms with van der Waals surface area (Å²) in [7, 11) is 0. The van der Waals surface area contributed by atoms with Gasteiger partial charge in [-0.25, -0.2) is 14.8 Å². The Morgan fingerprint density at radius 1 is 1.17 bits per heavy atom. The number of nitrogens with one attached hydrogen (secondary N) is 1. The highest BCUT2D eigenvalue weighted by atomic mass is 16.4. The highest BCUT2D eigenvalue weighted by Gasteiger charge is 2.63. The first-order valence-electron chi connectivity index (χ1n) is 10.4. The molecule has 2 aromatic heterocycles. The predicted octanol–water partition coefficient (Wildman–Crippen LogP) is 4.02. The number of rotatable bonds is 2. The fourth-order valence-electron chi connectivity index (χ4n) is 5.07. The highest BCUT2D eigenvalue weighted by molar-refractivity contribution is 5.93. The van der Waals surface area contributed by atoms with Crippen molar-refractivity contribution in [2.75, 3.05) is 25.0 Å². The minimum atomic E-state index is -0.0758. The lowest BCUT2D eigenvalue weighted by atomic mass is 10.1. The van der Waals surface area contributed by atoms with E-state index in [1.54, 1.807) is 12.4 Å². The first-order valence-corrected chi connectivity index (χ1v) is 10.4. The summed E-state index contributed by atoms with van der Waals surface area (Å²) in [6.07, 6.45) is 6.96. The van der Waals surface area contributed by atoms with Gasteiger partial charge in [0.1, 0.15) is 5.82 Å². The summed E-state index contributed by atoms with van der Waals surface area (Å²) in [4.78, 5) is 25.9. The van der Waals surface area contributed by atoms with Crippen molar-refractivity contribution in [2.24, 2.45) is 5.92 Å². The van der Waals surface area contributed by atoms with Gasteiger partial charge in [-0.05, 0) is 37.1 Å². The SMILES string of the molecule is CC1=CN2CCN(C(=O)Nc3cc4cc(-c5cnc(C)o5)ccc4cn3)CC23CC13. The maximum Gasteiger partial charge on any atom is 0.323 e. The summed E-state index contributed by atoms with van der Waals surface area (Å²) in [5, 5.41) is 5.00. The number of pyridine rings is 1. The van der Waals surface area contributed by atoms with Crippen LogP contribution in [-0.4, -0.2) is 51.0 Å². The van der Waals surface area contributed by atoms with Gasteiger partial charge in [0.15, 0.2) is 11.7 Å². The van der Waals surface area contributed by atoms with E-state index in [2.05, 4.69) is 33.3 Å². The van der Waals surface area contributed by atoms with Gasteiger partial charge in [0.25, 0.3) is 0 Å². The molecule has 1 saturated heterocycles. The molecule has 7 nitrogen and oxygen atoms in total. The molecular formula is C23H23N5O2. The van der Waals surface area contributed by atoms with Gasteiger partial charge in [0, 0.05) is 49.6 Å². The van der Waals surface area contributed by atoms with Crippen LogP contribution in [-0.2, 0) is 0 Å². The Kier molecular flexibility index (Phi) is 3.54. The molecule has 2 unspecified atom stereocenters. The number of urea groups is 1. The zero-order valence-corrected chi connectivity index (χ0v) is 17.1. The van der Waals surface area contributed by atoms with Gasteiger partial charge in [-0.3, -0.25) is 5.32 Å². The number of aromatic nitrogens is 2. The van der Waals surface area contributed by atoms with Crippen molar-refractivity contribution in [3.05, 3.63) is 54.3 Å². The van der Waals surface area contributed by atoms with Crippen molar-refractivity contribution >= 4 is 22.6 Å². The number of amides is 2. The third kappa shape index (κ3) is 2.61. The molecule has 1 spiro atoms. The molecule has 3 aliphatic rings. The molecule has 1 saturated carbocycles. The number of oxazole rings is 1. The molecule has 0 bridgehead atoms. The first kappa shape index (κ1) is 17.5. The lowest BCUT2D eigenvalue weighted by Crippen LogP contribution is -2.55. The molecule has 1 aliphatic carbocycles. The van der Waals surface area contributed by atoms with Crippen LogP contribution in [0.1, 0.15) is 19.2 Å². The van der Waals surface area contributed by atoms with Gasteiger partial charge in [-0.15, -0.1) is 0 Å². The first-order chi connectivity index (χ1) is 14.5. The zero-order valence-electron chi connectivity index (χ0n) is 17.1. The quantitative estimate of drug-likeness (QED) is 0.702. The van der Waals surface area contributed by atoms with Gasteiger partial charge in [-0.2, -0.15) is 0 Å². The van der Waals surface area contributed by atoms with Crippen LogP contribution in [0.15, 0.2) is 52.8 Å². The largest absolute Gasteiger partial charge is 0.441 e. The van der Waals surface area contributed by atoms with Crippen LogP contribution in [0.3, 0.4) is 0 Å². The standard InChI is InChI=1S/C23H23N5O2/c1-14-12-28-6-5-27(13-23(28)9-19(14)23)22(29)26-21-8-18-7-16(3-4-17(18)10-25-21)20-11-24-15(2)30-20/h3-4,7-8,10-12,19H,5-6,9,13H2,1-2H3,(H,25,26,29). The molecule has 2 amide bonds. The summed E-state index contributed by atoms with van der Waals surface area (Å²) < 4.78 is 5.64. The maximum atomic E-state index is 12.9. The lowest BCUT2D eigenvalue weighted by molar-refractivity contribution is 0.119.